The summed E-state index contributed by atoms with van der Waals surface area (Å²) in [5.41, 5.74) is 26.9. The van der Waals surface area contributed by atoms with E-state index >= 15 is 0 Å². The molecule has 9 N–H and O–H groups in total. The van der Waals surface area contributed by atoms with Gasteiger partial charge in [-0.15, -0.1) is 0 Å². The number of hydrogen-bond acceptors (Lipinski definition) is 13. The van der Waals surface area contributed by atoms with E-state index in [1.165, 1.54) is 0 Å². The molecule has 1 aromatic heterocycles. The maximum absolute atomic E-state index is 6.26. The summed E-state index contributed by atoms with van der Waals surface area (Å²) in [5, 5.41) is 3.35. The van der Waals surface area contributed by atoms with E-state index in [2.05, 4.69) is 16.3 Å². The fraction of sp³-hybridized carbons (Fsp3) is 0.625. The Morgan fingerprint density at radius 1 is 0.811 bits per heavy atom. The van der Waals surface area contributed by atoms with Crippen LogP contribution in [-0.4, -0.2) is 98.7 Å². The van der Waals surface area contributed by atoms with Crippen LogP contribution in [0.2, 0.25) is 0 Å². The number of ether oxygens (including phenoxy) is 2. The lowest BCUT2D eigenvalue weighted by Gasteiger charge is -2.37. The summed E-state index contributed by atoms with van der Waals surface area (Å²) < 4.78 is 11.2. The summed E-state index contributed by atoms with van der Waals surface area (Å²) >= 11 is 0. The molecule has 0 saturated carbocycles. The number of nitrogens with zero attached hydrogens (tertiary/aromatic N) is 6. The van der Waals surface area contributed by atoms with Crippen LogP contribution >= 0.6 is 0 Å². The molecule has 0 unspecified atom stereocenters. The largest absolute Gasteiger partial charge is 0.494 e. The van der Waals surface area contributed by atoms with Crippen molar-refractivity contribution in [3.63, 3.8) is 0 Å². The fourth-order valence-electron chi connectivity index (χ4n) is 5.30. The number of nitrogens with one attached hydrogen (secondary N) is 1. The molecule has 0 bridgehead atoms. The second-order valence-electron chi connectivity index (χ2n) is 10.2. The van der Waals surface area contributed by atoms with Gasteiger partial charge in [-0.05, 0) is 25.0 Å². The normalized spacial score (nSPS) is 26.8. The van der Waals surface area contributed by atoms with Gasteiger partial charge in [-0.3, -0.25) is 0 Å². The number of benzene rings is 1. The third-order valence-corrected chi connectivity index (χ3v) is 7.02. The highest BCUT2D eigenvalue weighted by Gasteiger charge is 2.29. The highest BCUT2D eigenvalue weighted by atomic mass is 16.5. The molecule has 0 aliphatic carbocycles. The average Bonchev–Trinajstić information content (AvgIpc) is 2.88. The molecule has 13 heteroatoms. The number of nitrogens with two attached hydrogens (primary N) is 4. The second kappa shape index (κ2) is 11.2. The molecule has 13 nitrogen and oxygen atoms in total. The van der Waals surface area contributed by atoms with Gasteiger partial charge in [0.15, 0.2) is 0 Å². The first-order valence-corrected chi connectivity index (χ1v) is 12.9. The fourth-order valence-corrected chi connectivity index (χ4v) is 5.30. The van der Waals surface area contributed by atoms with E-state index in [0.29, 0.717) is 63.0 Å². The molecule has 1 aromatic carbocycles. The summed E-state index contributed by atoms with van der Waals surface area (Å²) in [5.74, 6) is 2.14. The average molecular weight is 514 g/mol. The minimum Gasteiger partial charge on any atom is -0.494 e. The van der Waals surface area contributed by atoms with E-state index in [-0.39, 0.29) is 24.2 Å². The van der Waals surface area contributed by atoms with Crippen LogP contribution < -0.4 is 47.7 Å². The van der Waals surface area contributed by atoms with Crippen molar-refractivity contribution >= 4 is 29.2 Å². The molecular formula is C24H39N11O2. The van der Waals surface area contributed by atoms with Crippen molar-refractivity contribution in [1.29, 1.82) is 0 Å². The monoisotopic (exact) mass is 513 g/mol. The van der Waals surface area contributed by atoms with Crippen LogP contribution in [0.15, 0.2) is 18.2 Å². The zero-order valence-electron chi connectivity index (χ0n) is 21.4. The van der Waals surface area contributed by atoms with Gasteiger partial charge in [-0.2, -0.15) is 15.0 Å². The van der Waals surface area contributed by atoms with Gasteiger partial charge in [-0.1, -0.05) is 0 Å². The molecule has 2 aromatic rings. The molecule has 3 aliphatic rings. The molecule has 37 heavy (non-hydrogen) atoms. The predicted molar refractivity (Wildman–Crippen MR) is 145 cm³/mol. The van der Waals surface area contributed by atoms with Crippen molar-refractivity contribution in [3.8, 4) is 5.75 Å². The summed E-state index contributed by atoms with van der Waals surface area (Å²) in [6, 6.07) is 5.85. The van der Waals surface area contributed by atoms with Crippen molar-refractivity contribution in [2.45, 2.75) is 37.0 Å². The predicted octanol–water partition coefficient (Wildman–Crippen LogP) is -0.810. The molecule has 3 aliphatic heterocycles. The Labute approximate surface area is 217 Å². The number of methoxy groups -OCH3 is 1. The van der Waals surface area contributed by atoms with E-state index in [1.807, 2.05) is 21.9 Å². The van der Waals surface area contributed by atoms with E-state index in [1.54, 1.807) is 7.11 Å². The Balaban J connectivity index is 1.46. The zero-order chi connectivity index (χ0) is 25.9. The second-order valence-corrected chi connectivity index (χ2v) is 10.2. The first-order chi connectivity index (χ1) is 17.9. The van der Waals surface area contributed by atoms with Crippen molar-refractivity contribution in [2.24, 2.45) is 22.9 Å². The Kier molecular flexibility index (Phi) is 7.76. The standard InChI is InChI=1S/C24H39N11O2/c1-36-21-10-19(33-4-6-37-7-5-33)2-3-20(21)29-22-30-23(34-11-15(25)8-16(26)12-34)32-24(31-22)35-13-17(27)9-18(28)14-35/h2-3,10,15-18H,4-9,11-14,25-28H2,1H3,(H,29,30,31,32)/t15-,16+,17-,18+. The van der Waals surface area contributed by atoms with Gasteiger partial charge in [0, 0.05) is 75.2 Å². The zero-order valence-corrected chi connectivity index (χ0v) is 21.4. The molecule has 4 heterocycles. The van der Waals surface area contributed by atoms with Gasteiger partial charge < -0.3 is 52.4 Å². The number of piperidine rings is 2. The summed E-state index contributed by atoms with van der Waals surface area (Å²) in [6.07, 6.45) is 1.53. The Hall–Kier alpha value is -2.97. The number of aromatic nitrogens is 3. The molecule has 3 fully saturated rings. The van der Waals surface area contributed by atoms with Gasteiger partial charge in [0.25, 0.3) is 0 Å². The van der Waals surface area contributed by atoms with Crippen LogP contribution in [0.5, 0.6) is 5.75 Å². The van der Waals surface area contributed by atoms with Crippen LogP contribution in [0.1, 0.15) is 12.8 Å². The van der Waals surface area contributed by atoms with E-state index in [4.69, 9.17) is 47.4 Å². The smallest absolute Gasteiger partial charge is 0.233 e. The molecule has 3 saturated heterocycles. The summed E-state index contributed by atoms with van der Waals surface area (Å²) in [4.78, 5) is 20.6. The minimum atomic E-state index is -0.0509. The van der Waals surface area contributed by atoms with Gasteiger partial charge >= 0.3 is 0 Å². The summed E-state index contributed by atoms with van der Waals surface area (Å²) in [7, 11) is 1.65. The number of hydrogen-bond donors (Lipinski definition) is 5. The van der Waals surface area contributed by atoms with E-state index < -0.39 is 0 Å². The highest BCUT2D eigenvalue weighted by Crippen LogP contribution is 2.32. The molecule has 0 radical (unpaired) electrons. The van der Waals surface area contributed by atoms with Gasteiger partial charge in [0.2, 0.25) is 17.8 Å². The maximum Gasteiger partial charge on any atom is 0.233 e. The minimum absolute atomic E-state index is 0.0509. The van der Waals surface area contributed by atoms with Gasteiger partial charge in [0.1, 0.15) is 5.75 Å². The van der Waals surface area contributed by atoms with Crippen molar-refractivity contribution in [3.05, 3.63) is 18.2 Å². The number of morpholine rings is 1. The summed E-state index contributed by atoms with van der Waals surface area (Å²) in [6.45, 7) is 5.59. The SMILES string of the molecule is COc1cc(N2CCOCC2)ccc1Nc1nc(N2C[C@H](N)C[C@H](N)C2)nc(N2C[C@H](N)C[C@H](N)C2)n1. The third-order valence-electron chi connectivity index (χ3n) is 7.02. The Bertz CT molecular complexity index is 1000. The lowest BCUT2D eigenvalue weighted by atomic mass is 10.0. The third kappa shape index (κ3) is 6.13. The Morgan fingerprint density at radius 3 is 1.86 bits per heavy atom. The molecular weight excluding hydrogens is 474 g/mol. The van der Waals surface area contributed by atoms with E-state index in [9.17, 15) is 0 Å². The highest BCUT2D eigenvalue weighted by molar-refractivity contribution is 5.69. The van der Waals surface area contributed by atoms with Gasteiger partial charge in [0.05, 0.1) is 26.0 Å². The Morgan fingerprint density at radius 2 is 1.35 bits per heavy atom. The topological polar surface area (TPSA) is 183 Å². The van der Waals surface area contributed by atoms with Crippen molar-refractivity contribution < 1.29 is 9.47 Å². The van der Waals surface area contributed by atoms with Crippen molar-refractivity contribution in [2.75, 3.05) is 79.6 Å². The molecule has 0 spiro atoms. The number of rotatable bonds is 6. The molecule has 4 atom stereocenters. The molecule has 202 valence electrons. The van der Waals surface area contributed by atoms with Crippen LogP contribution in [0.25, 0.3) is 0 Å². The maximum atomic E-state index is 6.26. The van der Waals surface area contributed by atoms with Crippen LogP contribution in [0.4, 0.5) is 29.2 Å². The van der Waals surface area contributed by atoms with E-state index in [0.717, 1.165) is 37.3 Å². The lowest BCUT2D eigenvalue weighted by Crippen LogP contribution is -2.54. The quantitative estimate of drug-likeness (QED) is 0.323. The first-order valence-electron chi connectivity index (χ1n) is 12.9. The first kappa shape index (κ1) is 25.7. The number of anilines is 5. The molecule has 5 rings (SSSR count). The molecule has 0 amide bonds. The van der Waals surface area contributed by atoms with Crippen LogP contribution in [0.3, 0.4) is 0 Å². The van der Waals surface area contributed by atoms with Crippen LogP contribution in [-0.2, 0) is 4.74 Å². The van der Waals surface area contributed by atoms with Crippen LogP contribution in [0, 0.1) is 0 Å². The lowest BCUT2D eigenvalue weighted by molar-refractivity contribution is 0.122. The van der Waals surface area contributed by atoms with Gasteiger partial charge in [-0.25, -0.2) is 0 Å². The van der Waals surface area contributed by atoms with Crippen molar-refractivity contribution in [1.82, 2.24) is 15.0 Å².